The summed E-state index contributed by atoms with van der Waals surface area (Å²) in [5.74, 6) is 0.0551. The number of carboxylic acids is 1. The molecule has 24 heavy (non-hydrogen) atoms. The van der Waals surface area contributed by atoms with Gasteiger partial charge in [-0.25, -0.2) is 9.59 Å². The molecule has 0 spiro atoms. The number of aliphatic carboxylic acids is 1. The van der Waals surface area contributed by atoms with Crippen molar-refractivity contribution in [2.75, 3.05) is 6.61 Å². The number of benzene rings is 1. The van der Waals surface area contributed by atoms with Gasteiger partial charge in [-0.3, -0.25) is 0 Å². The molecule has 0 bridgehead atoms. The second-order valence-corrected chi connectivity index (χ2v) is 7.09. The van der Waals surface area contributed by atoms with E-state index in [9.17, 15) is 14.7 Å². The minimum atomic E-state index is -1.11. The Kier molecular flexibility index (Phi) is 7.07. The van der Waals surface area contributed by atoms with Crippen LogP contribution in [0.15, 0.2) is 24.3 Å². The zero-order chi connectivity index (χ0) is 18.3. The van der Waals surface area contributed by atoms with Crippen LogP contribution in [0.2, 0.25) is 0 Å². The first-order valence-corrected chi connectivity index (χ1v) is 8.01. The van der Waals surface area contributed by atoms with Crippen molar-refractivity contribution in [3.8, 4) is 5.75 Å². The molecule has 0 aliphatic rings. The second-order valence-electron chi connectivity index (χ2n) is 7.09. The lowest BCUT2D eigenvalue weighted by molar-refractivity contribution is -0.139. The van der Waals surface area contributed by atoms with Gasteiger partial charge in [0.05, 0.1) is 6.61 Å². The van der Waals surface area contributed by atoms with Gasteiger partial charge in [0.2, 0.25) is 0 Å². The summed E-state index contributed by atoms with van der Waals surface area (Å²) in [5.41, 5.74) is 0.109. The molecule has 0 saturated carbocycles. The predicted molar refractivity (Wildman–Crippen MR) is 91.3 cm³/mol. The van der Waals surface area contributed by atoms with Crippen molar-refractivity contribution in [2.24, 2.45) is 5.92 Å². The molecule has 134 valence electrons. The average molecular weight is 337 g/mol. The van der Waals surface area contributed by atoms with Crippen LogP contribution in [0.25, 0.3) is 0 Å². The maximum atomic E-state index is 11.8. The number of carbonyl (C=O) groups excluding carboxylic acids is 1. The molecule has 0 aromatic heterocycles. The van der Waals surface area contributed by atoms with Crippen LogP contribution < -0.4 is 10.1 Å². The highest BCUT2D eigenvalue weighted by Gasteiger charge is 2.24. The van der Waals surface area contributed by atoms with E-state index in [4.69, 9.17) is 9.47 Å². The van der Waals surface area contributed by atoms with Crippen LogP contribution in [0.5, 0.6) is 5.75 Å². The summed E-state index contributed by atoms with van der Waals surface area (Å²) in [5, 5.41) is 11.7. The van der Waals surface area contributed by atoms with Crippen molar-refractivity contribution in [2.45, 2.75) is 52.7 Å². The molecule has 1 rings (SSSR count). The fraction of sp³-hybridized carbons (Fsp3) is 0.556. The fourth-order valence-electron chi connectivity index (χ4n) is 1.87. The third kappa shape index (κ3) is 7.85. The Morgan fingerprint density at radius 1 is 1.17 bits per heavy atom. The number of amides is 1. The van der Waals surface area contributed by atoms with E-state index < -0.39 is 23.7 Å². The van der Waals surface area contributed by atoms with Crippen LogP contribution in [0.1, 0.15) is 40.2 Å². The fourth-order valence-corrected chi connectivity index (χ4v) is 1.87. The Morgan fingerprint density at radius 3 is 2.21 bits per heavy atom. The Balaban J connectivity index is 2.65. The maximum absolute atomic E-state index is 11.8. The van der Waals surface area contributed by atoms with Crippen LogP contribution in [-0.2, 0) is 16.0 Å². The summed E-state index contributed by atoms with van der Waals surface area (Å²) < 4.78 is 10.7. The van der Waals surface area contributed by atoms with Gasteiger partial charge in [0.1, 0.15) is 17.4 Å². The monoisotopic (exact) mass is 337 g/mol. The Hall–Kier alpha value is -2.24. The summed E-state index contributed by atoms with van der Waals surface area (Å²) in [6.45, 7) is 9.91. The molecule has 6 heteroatoms. The largest absolute Gasteiger partial charge is 0.493 e. The Morgan fingerprint density at radius 2 is 1.75 bits per heavy atom. The molecule has 0 heterocycles. The molecule has 1 aromatic carbocycles. The summed E-state index contributed by atoms with van der Waals surface area (Å²) >= 11 is 0. The van der Waals surface area contributed by atoms with Crippen molar-refractivity contribution < 1.29 is 24.2 Å². The van der Waals surface area contributed by atoms with E-state index >= 15 is 0 Å². The van der Waals surface area contributed by atoms with Gasteiger partial charge in [-0.2, -0.15) is 0 Å². The first-order valence-electron chi connectivity index (χ1n) is 8.01. The zero-order valence-electron chi connectivity index (χ0n) is 15.0. The van der Waals surface area contributed by atoms with Crippen LogP contribution in [-0.4, -0.2) is 35.4 Å². The van der Waals surface area contributed by atoms with Gasteiger partial charge in [0.15, 0.2) is 0 Å². The molecule has 1 unspecified atom stereocenters. The number of ether oxygens (including phenoxy) is 2. The molecule has 1 aromatic rings. The average Bonchev–Trinajstić information content (AvgIpc) is 2.43. The van der Waals surface area contributed by atoms with Crippen molar-refractivity contribution in [1.29, 1.82) is 0 Å². The normalized spacial score (nSPS) is 12.6. The van der Waals surface area contributed by atoms with Gasteiger partial charge in [0.25, 0.3) is 0 Å². The van der Waals surface area contributed by atoms with E-state index in [1.54, 1.807) is 45.0 Å². The van der Waals surface area contributed by atoms with E-state index in [1.165, 1.54) is 0 Å². The van der Waals surface area contributed by atoms with Crippen molar-refractivity contribution in [1.82, 2.24) is 5.32 Å². The van der Waals surface area contributed by atoms with Crippen LogP contribution in [0.3, 0.4) is 0 Å². The molecule has 0 aliphatic carbocycles. The van der Waals surface area contributed by atoms with E-state index in [-0.39, 0.29) is 6.42 Å². The lowest BCUT2D eigenvalue weighted by Crippen LogP contribution is -2.44. The second kappa shape index (κ2) is 8.57. The van der Waals surface area contributed by atoms with Crippen LogP contribution >= 0.6 is 0 Å². The number of rotatable bonds is 7. The van der Waals surface area contributed by atoms with Crippen molar-refractivity contribution in [3.05, 3.63) is 29.8 Å². The maximum Gasteiger partial charge on any atom is 0.408 e. The van der Waals surface area contributed by atoms with Crippen molar-refractivity contribution in [3.63, 3.8) is 0 Å². The molecule has 0 saturated heterocycles. The summed E-state index contributed by atoms with van der Waals surface area (Å²) in [6, 6.07) is 6.13. The minimum Gasteiger partial charge on any atom is -0.493 e. The highest BCUT2D eigenvalue weighted by molar-refractivity contribution is 5.80. The SMILES string of the molecule is CC(C)COc1ccc(CC(NC(=O)OC(C)(C)C)C(=O)O)cc1. The highest BCUT2D eigenvalue weighted by atomic mass is 16.6. The predicted octanol–water partition coefficient (Wildman–Crippen LogP) is 3.24. The molecule has 0 aliphatic heterocycles. The Bertz CT molecular complexity index is 546. The molecule has 0 radical (unpaired) electrons. The Labute approximate surface area is 143 Å². The zero-order valence-corrected chi connectivity index (χ0v) is 15.0. The number of carboxylic acid groups (broad SMARTS) is 1. The summed E-state index contributed by atoms with van der Waals surface area (Å²) in [7, 11) is 0. The molecule has 0 fully saturated rings. The van der Waals surface area contributed by atoms with E-state index in [0.717, 1.165) is 11.3 Å². The summed E-state index contributed by atoms with van der Waals surface area (Å²) in [6.07, 6.45) is -0.578. The van der Waals surface area contributed by atoms with Gasteiger partial charge < -0.3 is 19.9 Å². The van der Waals surface area contributed by atoms with Crippen molar-refractivity contribution >= 4 is 12.1 Å². The van der Waals surface area contributed by atoms with Gasteiger partial charge in [-0.15, -0.1) is 0 Å². The molecule has 1 atom stereocenters. The quantitative estimate of drug-likeness (QED) is 0.798. The topological polar surface area (TPSA) is 84.9 Å². The minimum absolute atomic E-state index is 0.166. The number of alkyl carbamates (subject to hydrolysis) is 1. The third-order valence-corrected chi connectivity index (χ3v) is 2.94. The first-order chi connectivity index (χ1) is 11.1. The number of hydrogen-bond acceptors (Lipinski definition) is 4. The molecule has 1 amide bonds. The smallest absolute Gasteiger partial charge is 0.408 e. The van der Waals surface area contributed by atoms with E-state index in [0.29, 0.717) is 12.5 Å². The van der Waals surface area contributed by atoms with Gasteiger partial charge >= 0.3 is 12.1 Å². The van der Waals surface area contributed by atoms with E-state index in [2.05, 4.69) is 19.2 Å². The molecule has 2 N–H and O–H groups in total. The highest BCUT2D eigenvalue weighted by Crippen LogP contribution is 2.15. The number of carbonyl (C=O) groups is 2. The van der Waals surface area contributed by atoms with Gasteiger partial charge in [-0.05, 0) is 44.4 Å². The number of hydrogen-bond donors (Lipinski definition) is 2. The molecular formula is C18H27NO5. The summed E-state index contributed by atoms with van der Waals surface area (Å²) in [4.78, 5) is 23.1. The third-order valence-electron chi connectivity index (χ3n) is 2.94. The molecule has 6 nitrogen and oxygen atoms in total. The lowest BCUT2D eigenvalue weighted by Gasteiger charge is -2.22. The van der Waals surface area contributed by atoms with Gasteiger partial charge in [0, 0.05) is 6.42 Å². The van der Waals surface area contributed by atoms with Crippen LogP contribution in [0.4, 0.5) is 4.79 Å². The van der Waals surface area contributed by atoms with Gasteiger partial charge in [-0.1, -0.05) is 26.0 Å². The number of nitrogens with one attached hydrogen (secondary N) is 1. The molecular weight excluding hydrogens is 310 g/mol. The lowest BCUT2D eigenvalue weighted by atomic mass is 10.1. The van der Waals surface area contributed by atoms with Crippen LogP contribution in [0, 0.1) is 5.92 Å². The standard InChI is InChI=1S/C18H27NO5/c1-12(2)11-23-14-8-6-13(7-9-14)10-15(16(20)21)19-17(22)24-18(3,4)5/h6-9,12,15H,10-11H2,1-5H3,(H,19,22)(H,20,21). The van der Waals surface area contributed by atoms with E-state index in [1.807, 2.05) is 0 Å². The first kappa shape index (κ1) is 19.8.